The molecular weight excluding hydrogens is 272 g/mol. The minimum Gasteiger partial charge on any atom is -0.378 e. The SMILES string of the molecule is CC(CNCc1ccc(N2CCOCC2)cc1)S(C)=O. The van der Waals surface area contributed by atoms with E-state index in [1.54, 1.807) is 6.26 Å². The third kappa shape index (κ3) is 4.58. The lowest BCUT2D eigenvalue weighted by Gasteiger charge is -2.28. The van der Waals surface area contributed by atoms with Gasteiger partial charge in [-0.15, -0.1) is 0 Å². The topological polar surface area (TPSA) is 41.6 Å². The van der Waals surface area contributed by atoms with Crippen molar-refractivity contribution in [2.24, 2.45) is 0 Å². The molecule has 112 valence electrons. The predicted octanol–water partition coefficient (Wildman–Crippen LogP) is 1.38. The highest BCUT2D eigenvalue weighted by molar-refractivity contribution is 7.84. The number of benzene rings is 1. The average molecular weight is 296 g/mol. The number of ether oxygens (including phenoxy) is 1. The molecule has 1 aliphatic rings. The Morgan fingerprint density at radius 3 is 2.55 bits per heavy atom. The van der Waals surface area contributed by atoms with E-state index in [-0.39, 0.29) is 5.25 Å². The molecule has 1 aromatic carbocycles. The Balaban J connectivity index is 1.80. The largest absolute Gasteiger partial charge is 0.378 e. The van der Waals surface area contributed by atoms with Gasteiger partial charge in [-0.05, 0) is 24.6 Å². The van der Waals surface area contributed by atoms with Crippen LogP contribution in [0.2, 0.25) is 0 Å². The normalized spacial score (nSPS) is 18.8. The van der Waals surface area contributed by atoms with Crippen LogP contribution >= 0.6 is 0 Å². The minimum atomic E-state index is -0.756. The van der Waals surface area contributed by atoms with Gasteiger partial charge in [0.25, 0.3) is 0 Å². The fourth-order valence-electron chi connectivity index (χ4n) is 2.18. The fraction of sp³-hybridized carbons (Fsp3) is 0.600. The standard InChI is InChI=1S/C15H24N2O2S/c1-13(20(2)18)11-16-12-14-3-5-15(6-4-14)17-7-9-19-10-8-17/h3-6,13,16H,7-12H2,1-2H3. The highest BCUT2D eigenvalue weighted by Gasteiger charge is 2.10. The van der Waals surface area contributed by atoms with E-state index in [4.69, 9.17) is 4.74 Å². The molecule has 0 saturated carbocycles. The predicted molar refractivity (Wildman–Crippen MR) is 84.7 cm³/mol. The molecule has 2 atom stereocenters. The van der Waals surface area contributed by atoms with Gasteiger partial charge in [-0.3, -0.25) is 4.21 Å². The van der Waals surface area contributed by atoms with Gasteiger partial charge >= 0.3 is 0 Å². The molecule has 1 saturated heterocycles. The molecule has 0 bridgehead atoms. The summed E-state index contributed by atoms with van der Waals surface area (Å²) in [7, 11) is -0.756. The Morgan fingerprint density at radius 2 is 1.95 bits per heavy atom. The summed E-state index contributed by atoms with van der Waals surface area (Å²) in [6.07, 6.45) is 1.75. The summed E-state index contributed by atoms with van der Waals surface area (Å²) in [5, 5.41) is 3.55. The van der Waals surface area contributed by atoms with Crippen molar-refractivity contribution in [1.29, 1.82) is 0 Å². The molecule has 1 aliphatic heterocycles. The van der Waals surface area contributed by atoms with Crippen LogP contribution in [0.4, 0.5) is 5.69 Å². The number of morpholine rings is 1. The summed E-state index contributed by atoms with van der Waals surface area (Å²) in [5.41, 5.74) is 2.52. The first-order valence-electron chi connectivity index (χ1n) is 7.11. The maximum atomic E-state index is 11.3. The van der Waals surface area contributed by atoms with Crippen LogP contribution in [0.15, 0.2) is 24.3 Å². The number of nitrogens with one attached hydrogen (secondary N) is 1. The summed E-state index contributed by atoms with van der Waals surface area (Å²) in [6.45, 7) is 7.18. The summed E-state index contributed by atoms with van der Waals surface area (Å²) in [4.78, 5) is 2.35. The molecule has 0 aromatic heterocycles. The van der Waals surface area contributed by atoms with Crippen LogP contribution in [0.3, 0.4) is 0 Å². The van der Waals surface area contributed by atoms with Crippen LogP contribution in [-0.2, 0) is 22.1 Å². The maximum Gasteiger partial charge on any atom is 0.0642 e. The number of anilines is 1. The minimum absolute atomic E-state index is 0.197. The third-order valence-corrected chi connectivity index (χ3v) is 4.94. The average Bonchev–Trinajstić information content (AvgIpc) is 2.48. The molecule has 0 aliphatic carbocycles. The van der Waals surface area contributed by atoms with Crippen molar-refractivity contribution >= 4 is 16.5 Å². The van der Waals surface area contributed by atoms with E-state index in [2.05, 4.69) is 34.5 Å². The molecule has 2 rings (SSSR count). The van der Waals surface area contributed by atoms with Crippen molar-refractivity contribution in [3.63, 3.8) is 0 Å². The van der Waals surface area contributed by atoms with Crippen LogP contribution in [0.5, 0.6) is 0 Å². The van der Waals surface area contributed by atoms with Crippen molar-refractivity contribution in [1.82, 2.24) is 5.32 Å². The Morgan fingerprint density at radius 1 is 1.30 bits per heavy atom. The molecule has 5 heteroatoms. The van der Waals surface area contributed by atoms with Gasteiger partial charge in [-0.1, -0.05) is 12.1 Å². The second-order valence-corrected chi connectivity index (χ2v) is 7.01. The van der Waals surface area contributed by atoms with E-state index >= 15 is 0 Å². The van der Waals surface area contributed by atoms with E-state index < -0.39 is 10.8 Å². The molecular formula is C15H24N2O2S. The lowest BCUT2D eigenvalue weighted by molar-refractivity contribution is 0.122. The number of hydrogen-bond acceptors (Lipinski definition) is 4. The quantitative estimate of drug-likeness (QED) is 0.861. The van der Waals surface area contributed by atoms with E-state index in [1.165, 1.54) is 11.3 Å². The Kier molecular flexibility index (Phi) is 6.01. The molecule has 0 amide bonds. The van der Waals surface area contributed by atoms with Crippen LogP contribution in [0.1, 0.15) is 12.5 Å². The highest BCUT2D eigenvalue weighted by atomic mass is 32.2. The molecule has 1 N–H and O–H groups in total. The van der Waals surface area contributed by atoms with Crippen molar-refractivity contribution in [3.8, 4) is 0 Å². The van der Waals surface area contributed by atoms with Crippen molar-refractivity contribution < 1.29 is 8.95 Å². The summed E-state index contributed by atoms with van der Waals surface area (Å²) < 4.78 is 16.6. The van der Waals surface area contributed by atoms with Gasteiger partial charge in [0.1, 0.15) is 0 Å². The molecule has 4 nitrogen and oxygen atoms in total. The molecule has 0 spiro atoms. The van der Waals surface area contributed by atoms with E-state index in [0.717, 1.165) is 39.4 Å². The summed E-state index contributed by atoms with van der Waals surface area (Å²) >= 11 is 0. The lowest BCUT2D eigenvalue weighted by atomic mass is 10.2. The van der Waals surface area contributed by atoms with Crippen LogP contribution in [0.25, 0.3) is 0 Å². The first-order valence-corrected chi connectivity index (χ1v) is 8.73. The second-order valence-electron chi connectivity index (χ2n) is 5.21. The van der Waals surface area contributed by atoms with Gasteiger partial charge in [0, 0.05) is 54.2 Å². The Hall–Kier alpha value is -0.910. The zero-order chi connectivity index (χ0) is 14.4. The molecule has 20 heavy (non-hydrogen) atoms. The second kappa shape index (κ2) is 7.76. The highest BCUT2D eigenvalue weighted by Crippen LogP contribution is 2.16. The zero-order valence-electron chi connectivity index (χ0n) is 12.3. The summed E-state index contributed by atoms with van der Waals surface area (Å²) in [6, 6.07) is 8.66. The fourth-order valence-corrected chi connectivity index (χ4v) is 2.54. The van der Waals surface area contributed by atoms with Crippen LogP contribution in [-0.4, -0.2) is 48.6 Å². The van der Waals surface area contributed by atoms with E-state index in [0.29, 0.717) is 0 Å². The van der Waals surface area contributed by atoms with Crippen molar-refractivity contribution in [3.05, 3.63) is 29.8 Å². The Bertz CT molecular complexity index is 430. The summed E-state index contributed by atoms with van der Waals surface area (Å²) in [5.74, 6) is 0. The van der Waals surface area contributed by atoms with Gasteiger partial charge in [0.2, 0.25) is 0 Å². The van der Waals surface area contributed by atoms with Gasteiger partial charge in [0.05, 0.1) is 13.2 Å². The number of rotatable bonds is 6. The molecule has 1 heterocycles. The lowest BCUT2D eigenvalue weighted by Crippen LogP contribution is -2.36. The molecule has 0 radical (unpaired) electrons. The molecule has 2 unspecified atom stereocenters. The van der Waals surface area contributed by atoms with E-state index in [9.17, 15) is 4.21 Å². The maximum absolute atomic E-state index is 11.3. The zero-order valence-corrected chi connectivity index (χ0v) is 13.1. The van der Waals surface area contributed by atoms with Gasteiger partial charge in [0.15, 0.2) is 0 Å². The third-order valence-electron chi connectivity index (χ3n) is 3.64. The van der Waals surface area contributed by atoms with Crippen LogP contribution in [0, 0.1) is 0 Å². The van der Waals surface area contributed by atoms with Crippen LogP contribution < -0.4 is 10.2 Å². The molecule has 1 fully saturated rings. The van der Waals surface area contributed by atoms with Crippen molar-refractivity contribution in [2.45, 2.75) is 18.7 Å². The number of hydrogen-bond donors (Lipinski definition) is 1. The van der Waals surface area contributed by atoms with Gasteiger partial charge < -0.3 is 15.0 Å². The van der Waals surface area contributed by atoms with Gasteiger partial charge in [-0.2, -0.15) is 0 Å². The first kappa shape index (κ1) is 15.5. The number of nitrogens with zero attached hydrogens (tertiary/aromatic N) is 1. The smallest absolute Gasteiger partial charge is 0.0642 e. The molecule has 1 aromatic rings. The monoisotopic (exact) mass is 296 g/mol. The first-order chi connectivity index (χ1) is 9.66. The van der Waals surface area contributed by atoms with Gasteiger partial charge in [-0.25, -0.2) is 0 Å². The van der Waals surface area contributed by atoms with E-state index in [1.807, 2.05) is 6.92 Å². The Labute approximate surface area is 124 Å². The van der Waals surface area contributed by atoms with Crippen molar-refractivity contribution in [2.75, 3.05) is 44.0 Å².